The number of nitrogens with two attached hydrogens (primary N) is 2. The zero-order valence-electron chi connectivity index (χ0n) is 38.6. The summed E-state index contributed by atoms with van der Waals surface area (Å²) in [6, 6.07) is 15.5. The fraction of sp³-hybridized carbons (Fsp3) is 0.417. The number of amides is 3. The molecule has 2 aliphatic heterocycles. The first-order chi connectivity index (χ1) is 32.6. The third-order valence-electron chi connectivity index (χ3n) is 11.3. The molecule has 2 aromatic carbocycles. The van der Waals surface area contributed by atoms with Crippen LogP contribution in [0.15, 0.2) is 93.8 Å². The van der Waals surface area contributed by atoms with E-state index < -0.39 is 0 Å². The third kappa shape index (κ3) is 15.1. The Morgan fingerprint density at radius 1 is 0.940 bits per heavy atom. The lowest BCUT2D eigenvalue weighted by atomic mass is 10.0. The summed E-state index contributed by atoms with van der Waals surface area (Å²) in [6.45, 7) is 14.4. The van der Waals surface area contributed by atoms with E-state index in [-0.39, 0.29) is 17.7 Å². The lowest BCUT2D eigenvalue weighted by Crippen LogP contribution is -2.49. The molecular formula is C48H63N13O5S. The van der Waals surface area contributed by atoms with Gasteiger partial charge >= 0.3 is 0 Å². The summed E-state index contributed by atoms with van der Waals surface area (Å²) in [4.78, 5) is 70.1. The lowest BCUT2D eigenvalue weighted by molar-refractivity contribution is -0.132. The number of aryl methyl sites for hydroxylation is 1. The van der Waals surface area contributed by atoms with E-state index in [0.29, 0.717) is 127 Å². The predicted molar refractivity (Wildman–Crippen MR) is 265 cm³/mol. The Morgan fingerprint density at radius 2 is 1.75 bits per heavy atom. The van der Waals surface area contributed by atoms with Gasteiger partial charge in [0.1, 0.15) is 18.2 Å². The van der Waals surface area contributed by atoms with E-state index in [4.69, 9.17) is 20.9 Å². The molecule has 18 nitrogen and oxygen atoms in total. The topological polar surface area (TPSA) is 222 Å². The van der Waals surface area contributed by atoms with Gasteiger partial charge in [0.25, 0.3) is 11.8 Å². The van der Waals surface area contributed by atoms with Crippen molar-refractivity contribution in [1.29, 1.82) is 0 Å². The van der Waals surface area contributed by atoms with Crippen molar-refractivity contribution in [3.63, 3.8) is 0 Å². The first-order valence-corrected chi connectivity index (χ1v) is 23.6. The Morgan fingerprint density at radius 3 is 2.48 bits per heavy atom. The summed E-state index contributed by atoms with van der Waals surface area (Å²) in [5.74, 6) is 2.22. The highest BCUT2D eigenvalue weighted by Crippen LogP contribution is 2.30. The third-order valence-corrected chi connectivity index (χ3v) is 12.3. The van der Waals surface area contributed by atoms with Crippen LogP contribution in [-0.2, 0) is 27.4 Å². The van der Waals surface area contributed by atoms with Gasteiger partial charge in [-0.25, -0.2) is 15.0 Å². The number of hydrogen-bond acceptors (Lipinski definition) is 16. The molecule has 356 valence electrons. The molecule has 6 rings (SSSR count). The van der Waals surface area contributed by atoms with Crippen molar-refractivity contribution in [3.05, 3.63) is 101 Å². The lowest BCUT2D eigenvalue weighted by Gasteiger charge is -2.34. The fourth-order valence-corrected chi connectivity index (χ4v) is 8.36. The van der Waals surface area contributed by atoms with Crippen LogP contribution in [0.3, 0.4) is 0 Å². The van der Waals surface area contributed by atoms with Gasteiger partial charge in [-0.1, -0.05) is 6.07 Å². The smallest absolute Gasteiger partial charge is 0.254 e. The number of nitrogens with zero attached hydrogens (tertiary/aromatic N) is 9. The second-order valence-corrected chi connectivity index (χ2v) is 17.2. The average Bonchev–Trinajstić information content (AvgIpc) is 3.57. The molecule has 2 aliphatic rings. The number of pyridine rings is 1. The maximum atomic E-state index is 13.8. The number of carbonyl (C=O) groups is 3. The number of hydrogen-bond donors (Lipinski definition) is 4. The van der Waals surface area contributed by atoms with Crippen molar-refractivity contribution >= 4 is 54.2 Å². The van der Waals surface area contributed by atoms with E-state index in [0.717, 1.165) is 51.6 Å². The standard InChI is InChI=1S/C48H63N13O5S/c1-35-26-41(6-7-42(35)47(64)61-21-24-66-43-8-4-37(27-39(43)34-61)38-5-9-44(50)55-33-38)67-25-13-54-46(63)40(31-52-3)32-53-12-15-58(14-11-51-2)20-23-65-22-10-45(62)59-16-18-60(19-17-59)48-56-29-36(28-49)30-57-48/h4-9,26-27,29-33,51H,3,10-25,28,34,49H2,1-2H3,(H2,50,55)(H,54,63)/b40-31+,53-32?. The number of nitrogen functional groups attached to an aromatic ring is 1. The summed E-state index contributed by atoms with van der Waals surface area (Å²) < 4.78 is 11.9. The molecule has 1 saturated heterocycles. The van der Waals surface area contributed by atoms with Crippen molar-refractivity contribution in [2.24, 2.45) is 15.7 Å². The van der Waals surface area contributed by atoms with Crippen LogP contribution in [0.4, 0.5) is 11.8 Å². The highest BCUT2D eigenvalue weighted by atomic mass is 32.2. The number of fused-ring (bicyclic) bond motifs is 1. The Hall–Kier alpha value is -6.25. The van der Waals surface area contributed by atoms with Crippen LogP contribution in [0.25, 0.3) is 11.1 Å². The first kappa shape index (κ1) is 50.2. The van der Waals surface area contributed by atoms with Gasteiger partial charge in [0, 0.05) is 136 Å². The molecule has 4 aromatic rings. The SMILES string of the molecule is C=N/C=C(\C=NCCN(CCNC)CCOCCC(=O)N1CCN(c2ncc(CN)cn2)CC1)C(=O)NCCSc1ccc(C(=O)N2CCOc3ccc(-c4ccc(N)nc4)cc3C2)c(C)c1. The van der Waals surface area contributed by atoms with Crippen molar-refractivity contribution in [3.8, 4) is 16.9 Å². The van der Waals surface area contributed by atoms with Crippen LogP contribution in [-0.4, -0.2) is 165 Å². The van der Waals surface area contributed by atoms with E-state index in [1.54, 1.807) is 36.4 Å². The number of likely N-dealkylation sites (N-methyl/N-ethyl adjacent to an activating group) is 1. The molecule has 6 N–H and O–H groups in total. The van der Waals surface area contributed by atoms with E-state index >= 15 is 0 Å². The van der Waals surface area contributed by atoms with Gasteiger partial charge in [0.05, 0.1) is 38.3 Å². The zero-order chi connectivity index (χ0) is 47.4. The van der Waals surface area contributed by atoms with Gasteiger partial charge in [0.15, 0.2) is 0 Å². The molecule has 1 fully saturated rings. The molecule has 0 spiro atoms. The summed E-state index contributed by atoms with van der Waals surface area (Å²) >= 11 is 1.59. The quantitative estimate of drug-likeness (QED) is 0.0364. The minimum absolute atomic E-state index is 0.0566. The van der Waals surface area contributed by atoms with Crippen LogP contribution in [0.2, 0.25) is 0 Å². The summed E-state index contributed by atoms with van der Waals surface area (Å²) in [6.07, 6.45) is 8.48. The molecule has 0 aliphatic carbocycles. The number of piperazine rings is 1. The number of aromatic nitrogens is 3. The van der Waals surface area contributed by atoms with E-state index in [1.807, 2.05) is 66.2 Å². The van der Waals surface area contributed by atoms with Crippen molar-refractivity contribution in [1.82, 2.24) is 40.3 Å². The molecule has 2 aromatic heterocycles. The van der Waals surface area contributed by atoms with Crippen LogP contribution in [0.5, 0.6) is 5.75 Å². The maximum absolute atomic E-state index is 13.8. The fourth-order valence-electron chi connectivity index (χ4n) is 7.50. The largest absolute Gasteiger partial charge is 0.491 e. The number of thioether (sulfide) groups is 1. The molecule has 0 unspecified atom stereocenters. The van der Waals surface area contributed by atoms with Gasteiger partial charge < -0.3 is 46.3 Å². The maximum Gasteiger partial charge on any atom is 0.254 e. The normalized spacial score (nSPS) is 14.2. The predicted octanol–water partition coefficient (Wildman–Crippen LogP) is 3.06. The van der Waals surface area contributed by atoms with Crippen LogP contribution < -0.4 is 31.7 Å². The zero-order valence-corrected chi connectivity index (χ0v) is 39.4. The number of ether oxygens (including phenoxy) is 2. The van der Waals surface area contributed by atoms with E-state index in [2.05, 4.69) is 52.1 Å². The van der Waals surface area contributed by atoms with Crippen LogP contribution in [0.1, 0.15) is 33.5 Å². The summed E-state index contributed by atoms with van der Waals surface area (Å²) in [5, 5.41) is 6.14. The Bertz CT molecular complexity index is 2320. The van der Waals surface area contributed by atoms with Crippen LogP contribution >= 0.6 is 11.8 Å². The molecule has 19 heteroatoms. The number of rotatable bonds is 23. The number of anilines is 2. The number of benzene rings is 2. The summed E-state index contributed by atoms with van der Waals surface area (Å²) in [5.41, 5.74) is 17.0. The monoisotopic (exact) mass is 933 g/mol. The van der Waals surface area contributed by atoms with Gasteiger partial charge in [-0.15, -0.1) is 11.8 Å². The second-order valence-electron chi connectivity index (χ2n) is 16.0. The highest BCUT2D eigenvalue weighted by molar-refractivity contribution is 7.99. The molecule has 3 amide bonds. The van der Waals surface area contributed by atoms with Gasteiger partial charge in [0.2, 0.25) is 11.9 Å². The molecule has 0 saturated carbocycles. The molecular weight excluding hydrogens is 871 g/mol. The Balaban J connectivity index is 0.881. The van der Waals surface area contributed by atoms with Crippen LogP contribution in [0, 0.1) is 6.92 Å². The highest BCUT2D eigenvalue weighted by Gasteiger charge is 2.24. The van der Waals surface area contributed by atoms with Gasteiger partial charge in [-0.3, -0.25) is 29.3 Å². The van der Waals surface area contributed by atoms with E-state index in [9.17, 15) is 14.4 Å². The minimum Gasteiger partial charge on any atom is -0.491 e. The molecule has 0 atom stereocenters. The molecule has 67 heavy (non-hydrogen) atoms. The minimum atomic E-state index is -0.294. The number of nitrogens with one attached hydrogen (secondary N) is 2. The van der Waals surface area contributed by atoms with E-state index in [1.165, 1.54) is 12.4 Å². The number of carbonyl (C=O) groups excluding carboxylic acids is 3. The first-order valence-electron chi connectivity index (χ1n) is 22.6. The second kappa shape index (κ2) is 26.2. The summed E-state index contributed by atoms with van der Waals surface area (Å²) in [7, 11) is 1.91. The average molecular weight is 934 g/mol. The van der Waals surface area contributed by atoms with Gasteiger partial charge in [-0.2, -0.15) is 0 Å². The Kier molecular flexibility index (Phi) is 19.6. The Labute approximate surface area is 397 Å². The van der Waals surface area contributed by atoms with Crippen molar-refractivity contribution < 1.29 is 23.9 Å². The molecule has 4 heterocycles. The number of aliphatic imine (C=N–C) groups is 2. The molecule has 0 radical (unpaired) electrons. The van der Waals surface area contributed by atoms with Gasteiger partial charge in [-0.05, 0) is 74.3 Å². The van der Waals surface area contributed by atoms with Crippen molar-refractivity contribution in [2.45, 2.75) is 31.3 Å². The van der Waals surface area contributed by atoms with Crippen molar-refractivity contribution in [2.75, 3.05) is 115 Å². The molecule has 0 bridgehead atoms.